The van der Waals surface area contributed by atoms with Gasteiger partial charge in [0.05, 0.1) is 6.61 Å². The molecule has 0 bridgehead atoms. The second-order valence-corrected chi connectivity index (χ2v) is 5.58. The Kier molecular flexibility index (Phi) is 5.42. The first kappa shape index (κ1) is 17.1. The van der Waals surface area contributed by atoms with Gasteiger partial charge in [-0.05, 0) is 11.1 Å². The van der Waals surface area contributed by atoms with Gasteiger partial charge in [0.1, 0.15) is 13.2 Å². The molecule has 1 aliphatic heterocycles. The molecular formula is C19H19NO5. The van der Waals surface area contributed by atoms with E-state index >= 15 is 0 Å². The van der Waals surface area contributed by atoms with Crippen molar-refractivity contribution in [2.75, 3.05) is 13.2 Å². The van der Waals surface area contributed by atoms with Crippen molar-refractivity contribution in [3.63, 3.8) is 0 Å². The third-order valence-electron chi connectivity index (χ3n) is 3.79. The Bertz CT molecular complexity index is 654. The molecule has 0 amide bonds. The molecule has 25 heavy (non-hydrogen) atoms. The number of hydrogen-bond donors (Lipinski definition) is 1. The van der Waals surface area contributed by atoms with E-state index in [2.05, 4.69) is 5.32 Å². The van der Waals surface area contributed by atoms with Crippen LogP contribution in [0.3, 0.4) is 0 Å². The van der Waals surface area contributed by atoms with E-state index < -0.39 is 17.7 Å². The summed E-state index contributed by atoms with van der Waals surface area (Å²) in [6.45, 7) is 0.693. The molecule has 1 fully saturated rings. The summed E-state index contributed by atoms with van der Waals surface area (Å²) in [5.41, 5.74) is -0.257. The Morgan fingerprint density at radius 1 is 0.880 bits per heavy atom. The second kappa shape index (κ2) is 7.92. The van der Waals surface area contributed by atoms with Crippen molar-refractivity contribution in [3.8, 4) is 0 Å². The average molecular weight is 341 g/mol. The van der Waals surface area contributed by atoms with Crippen LogP contribution in [0.1, 0.15) is 11.1 Å². The molecule has 6 nitrogen and oxygen atoms in total. The van der Waals surface area contributed by atoms with Crippen molar-refractivity contribution in [1.82, 2.24) is 5.32 Å². The van der Waals surface area contributed by atoms with Crippen molar-refractivity contribution in [2.45, 2.75) is 18.9 Å². The van der Waals surface area contributed by atoms with Gasteiger partial charge in [-0.3, -0.25) is 5.32 Å². The van der Waals surface area contributed by atoms with E-state index in [1.807, 2.05) is 60.7 Å². The average Bonchev–Trinajstić information content (AvgIpc) is 3.17. The van der Waals surface area contributed by atoms with Crippen LogP contribution in [-0.4, -0.2) is 30.8 Å². The van der Waals surface area contributed by atoms with Crippen molar-refractivity contribution in [3.05, 3.63) is 71.8 Å². The Morgan fingerprint density at radius 2 is 1.36 bits per heavy atom. The molecule has 1 saturated heterocycles. The molecule has 2 aromatic rings. The third kappa shape index (κ3) is 4.04. The summed E-state index contributed by atoms with van der Waals surface area (Å²) in [5, 5.41) is 2.77. The number of carbonyl (C=O) groups excluding carboxylic acids is 2. The molecule has 0 spiro atoms. The van der Waals surface area contributed by atoms with E-state index in [1.165, 1.54) is 0 Å². The Balaban J connectivity index is 1.63. The van der Waals surface area contributed by atoms with Gasteiger partial charge in [-0.1, -0.05) is 60.7 Å². The first-order valence-electron chi connectivity index (χ1n) is 8.02. The maximum Gasteiger partial charge on any atom is 0.366 e. The van der Waals surface area contributed by atoms with Gasteiger partial charge in [0.2, 0.25) is 0 Å². The van der Waals surface area contributed by atoms with Gasteiger partial charge < -0.3 is 14.2 Å². The van der Waals surface area contributed by atoms with Crippen LogP contribution in [0.15, 0.2) is 60.7 Å². The molecule has 0 saturated carbocycles. The highest BCUT2D eigenvalue weighted by Gasteiger charge is 2.53. The number of esters is 2. The quantitative estimate of drug-likeness (QED) is 0.638. The van der Waals surface area contributed by atoms with Gasteiger partial charge in [0, 0.05) is 6.54 Å². The number of carbonyl (C=O) groups is 2. The zero-order valence-corrected chi connectivity index (χ0v) is 13.6. The van der Waals surface area contributed by atoms with Gasteiger partial charge in [-0.15, -0.1) is 0 Å². The summed E-state index contributed by atoms with van der Waals surface area (Å²) >= 11 is 0. The summed E-state index contributed by atoms with van der Waals surface area (Å²) in [6, 6.07) is 18.4. The standard InChI is InChI=1S/C19H19NO5/c21-17(23-13-15-7-3-1-4-8-15)19(20-11-12-25-19)18(22)24-14-16-9-5-2-6-10-16/h1-10,20H,11-14H2. The highest BCUT2D eigenvalue weighted by atomic mass is 16.6. The lowest BCUT2D eigenvalue weighted by Crippen LogP contribution is -2.57. The topological polar surface area (TPSA) is 73.9 Å². The van der Waals surface area contributed by atoms with Crippen LogP contribution in [0.2, 0.25) is 0 Å². The van der Waals surface area contributed by atoms with E-state index in [1.54, 1.807) is 0 Å². The fourth-order valence-electron chi connectivity index (χ4n) is 2.48. The Hall–Kier alpha value is -2.70. The minimum atomic E-state index is -1.90. The summed E-state index contributed by atoms with van der Waals surface area (Å²) in [7, 11) is 0. The van der Waals surface area contributed by atoms with Gasteiger partial charge in [-0.2, -0.15) is 0 Å². The molecule has 3 rings (SSSR count). The molecule has 2 aromatic carbocycles. The first-order valence-corrected chi connectivity index (χ1v) is 8.02. The Morgan fingerprint density at radius 3 is 1.76 bits per heavy atom. The second-order valence-electron chi connectivity index (χ2n) is 5.58. The fraction of sp³-hybridized carbons (Fsp3) is 0.263. The SMILES string of the molecule is O=C(OCc1ccccc1)C1(C(=O)OCc2ccccc2)NCCO1. The fourth-order valence-corrected chi connectivity index (χ4v) is 2.48. The molecular weight excluding hydrogens is 322 g/mol. The number of ether oxygens (including phenoxy) is 3. The van der Waals surface area contributed by atoms with Crippen LogP contribution in [0.25, 0.3) is 0 Å². The number of benzene rings is 2. The van der Waals surface area contributed by atoms with Gasteiger partial charge in [0.25, 0.3) is 0 Å². The maximum absolute atomic E-state index is 12.5. The van der Waals surface area contributed by atoms with Crippen molar-refractivity contribution >= 4 is 11.9 Å². The van der Waals surface area contributed by atoms with Gasteiger partial charge >= 0.3 is 17.7 Å². The molecule has 1 heterocycles. The lowest BCUT2D eigenvalue weighted by atomic mass is 10.2. The summed E-state index contributed by atoms with van der Waals surface area (Å²) in [5.74, 6) is -1.60. The number of rotatable bonds is 6. The summed E-state index contributed by atoms with van der Waals surface area (Å²) in [4.78, 5) is 25.0. The molecule has 130 valence electrons. The normalized spacial score (nSPS) is 15.5. The predicted molar refractivity (Wildman–Crippen MR) is 89.2 cm³/mol. The lowest BCUT2D eigenvalue weighted by molar-refractivity contribution is -0.189. The summed E-state index contributed by atoms with van der Waals surface area (Å²) < 4.78 is 15.9. The van der Waals surface area contributed by atoms with E-state index in [-0.39, 0.29) is 19.8 Å². The number of nitrogens with one attached hydrogen (secondary N) is 1. The highest BCUT2D eigenvalue weighted by molar-refractivity contribution is 6.03. The minimum absolute atomic E-state index is 0.0540. The maximum atomic E-state index is 12.5. The van der Waals surface area contributed by atoms with Crippen LogP contribution < -0.4 is 5.32 Å². The van der Waals surface area contributed by atoms with E-state index in [0.29, 0.717) is 6.54 Å². The smallest absolute Gasteiger partial charge is 0.366 e. The van der Waals surface area contributed by atoms with Gasteiger partial charge in [0.15, 0.2) is 0 Å². The molecule has 0 radical (unpaired) electrons. The minimum Gasteiger partial charge on any atom is -0.457 e. The molecule has 0 unspecified atom stereocenters. The highest BCUT2D eigenvalue weighted by Crippen LogP contribution is 2.19. The number of hydrogen-bond acceptors (Lipinski definition) is 6. The molecule has 0 atom stereocenters. The van der Waals surface area contributed by atoms with Crippen molar-refractivity contribution < 1.29 is 23.8 Å². The van der Waals surface area contributed by atoms with Crippen LogP contribution in [-0.2, 0) is 37.0 Å². The van der Waals surface area contributed by atoms with E-state index in [0.717, 1.165) is 11.1 Å². The van der Waals surface area contributed by atoms with Crippen LogP contribution in [0.5, 0.6) is 0 Å². The molecule has 6 heteroatoms. The first-order chi connectivity index (χ1) is 12.2. The zero-order valence-electron chi connectivity index (χ0n) is 13.6. The van der Waals surface area contributed by atoms with Crippen LogP contribution in [0.4, 0.5) is 0 Å². The van der Waals surface area contributed by atoms with Crippen molar-refractivity contribution in [1.29, 1.82) is 0 Å². The predicted octanol–water partition coefficient (Wildman–Crippen LogP) is 1.79. The van der Waals surface area contributed by atoms with E-state index in [4.69, 9.17) is 14.2 Å². The molecule has 0 aliphatic carbocycles. The van der Waals surface area contributed by atoms with E-state index in [9.17, 15) is 9.59 Å². The van der Waals surface area contributed by atoms with Crippen LogP contribution in [0, 0.1) is 0 Å². The lowest BCUT2D eigenvalue weighted by Gasteiger charge is -2.24. The molecule has 1 N–H and O–H groups in total. The van der Waals surface area contributed by atoms with Crippen molar-refractivity contribution in [2.24, 2.45) is 0 Å². The molecule has 0 aromatic heterocycles. The third-order valence-corrected chi connectivity index (χ3v) is 3.79. The Labute approximate surface area is 145 Å². The molecule has 1 aliphatic rings. The largest absolute Gasteiger partial charge is 0.457 e. The van der Waals surface area contributed by atoms with Crippen LogP contribution >= 0.6 is 0 Å². The zero-order chi connectivity index (χ0) is 17.5. The summed E-state index contributed by atoms with van der Waals surface area (Å²) in [6.07, 6.45) is 0. The monoisotopic (exact) mass is 341 g/mol. The van der Waals surface area contributed by atoms with Gasteiger partial charge in [-0.25, -0.2) is 9.59 Å².